The van der Waals surface area contributed by atoms with Crippen LogP contribution in [0.4, 0.5) is 4.39 Å². The molecule has 8 heteroatoms. The van der Waals surface area contributed by atoms with E-state index in [2.05, 4.69) is 5.32 Å². The van der Waals surface area contributed by atoms with E-state index in [0.717, 1.165) is 0 Å². The quantitative estimate of drug-likeness (QED) is 0.660. The monoisotopic (exact) mass is 444 g/mol. The molecule has 2 aromatic carbocycles. The lowest BCUT2D eigenvalue weighted by molar-refractivity contribution is -0.140. The smallest absolute Gasteiger partial charge is 0.242 e. The van der Waals surface area contributed by atoms with Gasteiger partial charge in [-0.15, -0.1) is 0 Å². The van der Waals surface area contributed by atoms with Crippen molar-refractivity contribution in [3.05, 3.63) is 68.4 Å². The number of hydrogen-bond donors (Lipinski definition) is 1. The fourth-order valence-electron chi connectivity index (χ4n) is 2.69. The summed E-state index contributed by atoms with van der Waals surface area (Å²) >= 11 is 18.2. The average molecular weight is 446 g/mol. The number of amides is 2. The van der Waals surface area contributed by atoms with Gasteiger partial charge in [0.25, 0.3) is 0 Å². The molecule has 0 heterocycles. The Kier molecular flexibility index (Phi) is 8.10. The van der Waals surface area contributed by atoms with E-state index in [4.69, 9.17) is 34.8 Å². The van der Waals surface area contributed by atoms with Gasteiger partial charge in [0.15, 0.2) is 0 Å². The zero-order valence-corrected chi connectivity index (χ0v) is 17.7. The maximum Gasteiger partial charge on any atom is 0.242 e. The summed E-state index contributed by atoms with van der Waals surface area (Å²) in [6.07, 6.45) is -0.277. The van der Waals surface area contributed by atoms with Crippen molar-refractivity contribution >= 4 is 46.6 Å². The Labute approximate surface area is 178 Å². The highest BCUT2D eigenvalue weighted by Gasteiger charge is 2.27. The van der Waals surface area contributed by atoms with E-state index in [9.17, 15) is 14.0 Å². The number of nitrogens with zero attached hydrogens (tertiary/aromatic N) is 1. The van der Waals surface area contributed by atoms with Crippen LogP contribution in [-0.2, 0) is 22.6 Å². The average Bonchev–Trinajstić information content (AvgIpc) is 2.63. The van der Waals surface area contributed by atoms with Crippen molar-refractivity contribution in [2.75, 3.05) is 6.54 Å². The van der Waals surface area contributed by atoms with Gasteiger partial charge < -0.3 is 10.2 Å². The fourth-order valence-corrected chi connectivity index (χ4v) is 3.39. The van der Waals surface area contributed by atoms with Crippen molar-refractivity contribution in [1.82, 2.24) is 10.2 Å². The van der Waals surface area contributed by atoms with Gasteiger partial charge in [-0.3, -0.25) is 9.59 Å². The van der Waals surface area contributed by atoms with Crippen molar-refractivity contribution in [2.24, 2.45) is 0 Å². The minimum absolute atomic E-state index is 0.0687. The van der Waals surface area contributed by atoms with Gasteiger partial charge in [0, 0.05) is 33.7 Å². The molecule has 1 unspecified atom stereocenters. The topological polar surface area (TPSA) is 49.4 Å². The molecule has 2 amide bonds. The largest absolute Gasteiger partial charge is 0.355 e. The van der Waals surface area contributed by atoms with Crippen molar-refractivity contribution in [3.8, 4) is 0 Å². The minimum Gasteiger partial charge on any atom is -0.355 e. The van der Waals surface area contributed by atoms with Crippen LogP contribution in [0.5, 0.6) is 0 Å². The van der Waals surface area contributed by atoms with Crippen molar-refractivity contribution in [1.29, 1.82) is 0 Å². The summed E-state index contributed by atoms with van der Waals surface area (Å²) in [5, 5.41) is 3.68. The molecule has 2 rings (SSSR count). The van der Waals surface area contributed by atoms with Crippen molar-refractivity contribution < 1.29 is 14.0 Å². The maximum absolute atomic E-state index is 14.1. The Morgan fingerprint density at radius 1 is 1.14 bits per heavy atom. The van der Waals surface area contributed by atoms with Gasteiger partial charge in [-0.25, -0.2) is 4.39 Å². The normalized spacial score (nSPS) is 11.8. The summed E-state index contributed by atoms with van der Waals surface area (Å²) in [5.41, 5.74) is 0.708. The lowest BCUT2D eigenvalue weighted by atomic mass is 10.1. The third-order valence-corrected chi connectivity index (χ3v) is 5.20. The van der Waals surface area contributed by atoms with Crippen LogP contribution in [0.25, 0.3) is 0 Å². The standard InChI is InChI=1S/C20H20Cl3FN2O2/c1-3-25-20(28)12(2)26(11-13-7-8-14(21)9-17(13)23)19(27)10-15-16(22)5-4-6-18(15)24/h4-9,12H,3,10-11H2,1-2H3,(H,25,28). The van der Waals surface area contributed by atoms with Crippen LogP contribution in [0, 0.1) is 5.82 Å². The predicted octanol–water partition coefficient (Wildman–Crippen LogP) is 4.88. The van der Waals surface area contributed by atoms with Gasteiger partial charge in [0.1, 0.15) is 11.9 Å². The summed E-state index contributed by atoms with van der Waals surface area (Å²) in [6, 6.07) is 8.33. The van der Waals surface area contributed by atoms with E-state index in [1.165, 1.54) is 23.1 Å². The third kappa shape index (κ3) is 5.60. The highest BCUT2D eigenvalue weighted by atomic mass is 35.5. The molecule has 0 saturated heterocycles. The van der Waals surface area contributed by atoms with Gasteiger partial charge in [0.05, 0.1) is 6.42 Å². The number of rotatable bonds is 7. The highest BCUT2D eigenvalue weighted by molar-refractivity contribution is 6.35. The number of halogens is 4. The number of hydrogen-bond acceptors (Lipinski definition) is 2. The molecule has 0 bridgehead atoms. The molecule has 0 aliphatic carbocycles. The Balaban J connectivity index is 2.33. The van der Waals surface area contributed by atoms with Crippen LogP contribution < -0.4 is 5.32 Å². The van der Waals surface area contributed by atoms with Gasteiger partial charge in [-0.2, -0.15) is 0 Å². The van der Waals surface area contributed by atoms with Crippen LogP contribution in [-0.4, -0.2) is 29.3 Å². The molecule has 0 radical (unpaired) electrons. The van der Waals surface area contributed by atoms with E-state index in [1.54, 1.807) is 32.0 Å². The first kappa shape index (κ1) is 22.5. The van der Waals surface area contributed by atoms with Crippen LogP contribution in [0.3, 0.4) is 0 Å². The van der Waals surface area contributed by atoms with Gasteiger partial charge >= 0.3 is 0 Å². The molecule has 0 aromatic heterocycles. The molecule has 0 aliphatic rings. The Bertz CT molecular complexity index is 856. The fraction of sp³-hybridized carbons (Fsp3) is 0.300. The van der Waals surface area contributed by atoms with Crippen LogP contribution >= 0.6 is 34.8 Å². The molecule has 0 saturated carbocycles. The van der Waals surface area contributed by atoms with Crippen molar-refractivity contribution in [2.45, 2.75) is 32.9 Å². The lowest BCUT2D eigenvalue weighted by Crippen LogP contribution is -2.48. The number of nitrogens with one attached hydrogen (secondary N) is 1. The first-order valence-electron chi connectivity index (χ1n) is 8.68. The van der Waals surface area contributed by atoms with E-state index in [1.807, 2.05) is 0 Å². The number of carbonyl (C=O) groups excluding carboxylic acids is 2. The molecular weight excluding hydrogens is 426 g/mol. The Hall–Kier alpha value is -1.82. The summed E-state index contributed by atoms with van der Waals surface area (Å²) in [6.45, 7) is 3.88. The zero-order chi connectivity index (χ0) is 20.8. The summed E-state index contributed by atoms with van der Waals surface area (Å²) in [5.74, 6) is -1.34. The van der Waals surface area contributed by atoms with Gasteiger partial charge in [-0.1, -0.05) is 46.9 Å². The molecule has 1 atom stereocenters. The highest BCUT2D eigenvalue weighted by Crippen LogP contribution is 2.25. The van der Waals surface area contributed by atoms with Crippen molar-refractivity contribution in [3.63, 3.8) is 0 Å². The molecule has 4 nitrogen and oxygen atoms in total. The van der Waals surface area contributed by atoms with E-state index in [-0.39, 0.29) is 29.5 Å². The van der Waals surface area contributed by atoms with E-state index < -0.39 is 17.8 Å². The predicted molar refractivity (Wildman–Crippen MR) is 110 cm³/mol. The zero-order valence-electron chi connectivity index (χ0n) is 15.4. The molecule has 2 aromatic rings. The second-order valence-corrected chi connectivity index (χ2v) is 7.46. The SMILES string of the molecule is CCNC(=O)C(C)N(Cc1ccc(Cl)cc1Cl)C(=O)Cc1c(F)cccc1Cl. The maximum atomic E-state index is 14.1. The van der Waals surface area contributed by atoms with Crippen LogP contribution in [0.2, 0.25) is 15.1 Å². The van der Waals surface area contributed by atoms with E-state index in [0.29, 0.717) is 22.2 Å². The number of benzene rings is 2. The number of likely N-dealkylation sites (N-methyl/N-ethyl adjacent to an activating group) is 1. The van der Waals surface area contributed by atoms with Gasteiger partial charge in [-0.05, 0) is 43.7 Å². The lowest BCUT2D eigenvalue weighted by Gasteiger charge is -2.29. The third-order valence-electron chi connectivity index (χ3n) is 4.26. The first-order chi connectivity index (χ1) is 13.2. The molecule has 1 N–H and O–H groups in total. The van der Waals surface area contributed by atoms with Gasteiger partial charge in [0.2, 0.25) is 11.8 Å². The Morgan fingerprint density at radius 2 is 1.86 bits per heavy atom. The van der Waals surface area contributed by atoms with E-state index >= 15 is 0 Å². The molecule has 0 fully saturated rings. The second-order valence-electron chi connectivity index (χ2n) is 6.20. The Morgan fingerprint density at radius 3 is 2.46 bits per heavy atom. The summed E-state index contributed by atoms with van der Waals surface area (Å²) < 4.78 is 14.1. The molecule has 28 heavy (non-hydrogen) atoms. The molecule has 150 valence electrons. The van der Waals surface area contributed by atoms with Crippen LogP contribution in [0.15, 0.2) is 36.4 Å². The summed E-state index contributed by atoms with van der Waals surface area (Å²) in [4.78, 5) is 26.7. The second kappa shape index (κ2) is 10.1. The minimum atomic E-state index is -0.787. The first-order valence-corrected chi connectivity index (χ1v) is 9.82. The van der Waals surface area contributed by atoms with Crippen LogP contribution in [0.1, 0.15) is 25.0 Å². The molecule has 0 spiro atoms. The number of carbonyl (C=O) groups is 2. The molecular formula is C20H20Cl3FN2O2. The molecule has 0 aliphatic heterocycles. The summed E-state index contributed by atoms with van der Waals surface area (Å²) in [7, 11) is 0.